The molecule has 0 aromatic heterocycles. The van der Waals surface area contributed by atoms with Crippen LogP contribution in [-0.2, 0) is 6.42 Å². The Morgan fingerprint density at radius 1 is 0.923 bits per heavy atom. The van der Waals surface area contributed by atoms with Crippen molar-refractivity contribution in [3.05, 3.63) is 71.3 Å². The minimum absolute atomic E-state index is 0.140. The van der Waals surface area contributed by atoms with E-state index in [1.807, 2.05) is 55.5 Å². The molecule has 134 valence electrons. The number of fused-ring (bicyclic) bond motifs is 1. The molecular weight excluding hydrogens is 326 g/mol. The van der Waals surface area contributed by atoms with E-state index in [2.05, 4.69) is 11.4 Å². The van der Waals surface area contributed by atoms with E-state index < -0.39 is 0 Å². The quantitative estimate of drug-likeness (QED) is 0.728. The lowest BCUT2D eigenvalue weighted by Gasteiger charge is -2.12. The highest BCUT2D eigenvalue weighted by molar-refractivity contribution is 6.01. The zero-order chi connectivity index (χ0) is 18.5. The second-order valence-electron chi connectivity index (χ2n) is 6.22. The van der Waals surface area contributed by atoms with E-state index in [1.54, 1.807) is 14.2 Å². The minimum atomic E-state index is -0.140. The number of methoxy groups -OCH3 is 2. The number of ether oxygens (including phenoxy) is 2. The van der Waals surface area contributed by atoms with Crippen LogP contribution in [0.25, 0.3) is 10.8 Å². The van der Waals surface area contributed by atoms with Gasteiger partial charge in [0.2, 0.25) is 0 Å². The van der Waals surface area contributed by atoms with Crippen molar-refractivity contribution in [2.24, 2.45) is 0 Å². The molecule has 4 nitrogen and oxygen atoms in total. The summed E-state index contributed by atoms with van der Waals surface area (Å²) >= 11 is 0. The highest BCUT2D eigenvalue weighted by Gasteiger charge is 2.13. The summed E-state index contributed by atoms with van der Waals surface area (Å²) in [7, 11) is 3.24. The van der Waals surface area contributed by atoms with Crippen LogP contribution in [0.2, 0.25) is 0 Å². The molecule has 0 radical (unpaired) electrons. The van der Waals surface area contributed by atoms with Crippen LogP contribution in [0.4, 0.5) is 0 Å². The third-order valence-electron chi connectivity index (χ3n) is 4.43. The summed E-state index contributed by atoms with van der Waals surface area (Å²) in [6.07, 6.45) is 0.701. The van der Waals surface area contributed by atoms with Gasteiger partial charge in [0, 0.05) is 6.54 Å². The van der Waals surface area contributed by atoms with Gasteiger partial charge in [0.25, 0.3) is 5.91 Å². The van der Waals surface area contributed by atoms with E-state index in [0.29, 0.717) is 24.3 Å². The minimum Gasteiger partial charge on any atom is -0.496 e. The van der Waals surface area contributed by atoms with Crippen molar-refractivity contribution in [3.8, 4) is 11.5 Å². The molecule has 3 aromatic rings. The van der Waals surface area contributed by atoms with E-state index in [1.165, 1.54) is 5.56 Å². The van der Waals surface area contributed by atoms with Crippen LogP contribution in [0.3, 0.4) is 0 Å². The number of hydrogen-bond donors (Lipinski definition) is 1. The summed E-state index contributed by atoms with van der Waals surface area (Å²) in [5, 5.41) is 5.04. The van der Waals surface area contributed by atoms with Gasteiger partial charge >= 0.3 is 0 Å². The van der Waals surface area contributed by atoms with Crippen molar-refractivity contribution in [1.29, 1.82) is 0 Å². The number of nitrogens with one attached hydrogen (secondary N) is 1. The third-order valence-corrected chi connectivity index (χ3v) is 4.43. The van der Waals surface area contributed by atoms with Crippen molar-refractivity contribution < 1.29 is 14.3 Å². The van der Waals surface area contributed by atoms with Gasteiger partial charge in [-0.1, -0.05) is 42.0 Å². The maximum absolute atomic E-state index is 12.7. The standard InChI is InChI=1S/C22H23NO3/c1-15-8-9-20(25-2)18(12-15)10-11-23-22(24)19-13-16-6-4-5-7-17(16)14-21(19)26-3/h4-9,12-14H,10-11H2,1-3H3,(H,23,24). The van der Waals surface area contributed by atoms with Crippen LogP contribution >= 0.6 is 0 Å². The van der Waals surface area contributed by atoms with Gasteiger partial charge in [0.15, 0.2) is 0 Å². The molecule has 3 rings (SSSR count). The lowest BCUT2D eigenvalue weighted by Crippen LogP contribution is -2.26. The second-order valence-corrected chi connectivity index (χ2v) is 6.22. The molecule has 1 N–H and O–H groups in total. The smallest absolute Gasteiger partial charge is 0.255 e. The highest BCUT2D eigenvalue weighted by atomic mass is 16.5. The number of benzene rings is 3. The van der Waals surface area contributed by atoms with Gasteiger partial charge in [0.05, 0.1) is 19.8 Å². The first-order chi connectivity index (χ1) is 12.6. The Balaban J connectivity index is 1.74. The fourth-order valence-corrected chi connectivity index (χ4v) is 3.07. The molecule has 0 fully saturated rings. The molecule has 0 heterocycles. The average Bonchev–Trinajstić information content (AvgIpc) is 2.67. The van der Waals surface area contributed by atoms with Gasteiger partial charge in [-0.15, -0.1) is 0 Å². The van der Waals surface area contributed by atoms with E-state index in [0.717, 1.165) is 22.1 Å². The molecule has 0 aliphatic heterocycles. The van der Waals surface area contributed by atoms with Crippen LogP contribution in [0.15, 0.2) is 54.6 Å². The highest BCUT2D eigenvalue weighted by Crippen LogP contribution is 2.26. The summed E-state index contributed by atoms with van der Waals surface area (Å²) in [6.45, 7) is 2.57. The predicted octanol–water partition coefficient (Wildman–Crippen LogP) is 4.14. The number of amides is 1. The molecule has 0 unspecified atom stereocenters. The van der Waals surface area contributed by atoms with Crippen LogP contribution in [-0.4, -0.2) is 26.7 Å². The number of hydrogen-bond acceptors (Lipinski definition) is 3. The lowest BCUT2D eigenvalue weighted by atomic mass is 10.0. The molecular formula is C22H23NO3. The van der Waals surface area contributed by atoms with Gasteiger partial charge in [-0.3, -0.25) is 4.79 Å². The van der Waals surface area contributed by atoms with E-state index >= 15 is 0 Å². The first kappa shape index (κ1) is 17.8. The Hall–Kier alpha value is -3.01. The molecule has 26 heavy (non-hydrogen) atoms. The molecule has 3 aromatic carbocycles. The molecule has 0 spiro atoms. The van der Waals surface area contributed by atoms with Crippen molar-refractivity contribution in [2.75, 3.05) is 20.8 Å². The first-order valence-corrected chi connectivity index (χ1v) is 8.61. The molecule has 0 saturated heterocycles. The summed E-state index contributed by atoms with van der Waals surface area (Å²) in [4.78, 5) is 12.7. The van der Waals surface area contributed by atoms with Gasteiger partial charge in [-0.05, 0) is 47.9 Å². The van der Waals surface area contributed by atoms with E-state index in [9.17, 15) is 4.79 Å². The molecule has 0 saturated carbocycles. The van der Waals surface area contributed by atoms with Gasteiger partial charge in [0.1, 0.15) is 11.5 Å². The van der Waals surface area contributed by atoms with Gasteiger partial charge < -0.3 is 14.8 Å². The Morgan fingerprint density at radius 2 is 1.62 bits per heavy atom. The maximum Gasteiger partial charge on any atom is 0.255 e. The average molecular weight is 349 g/mol. The Labute approximate surface area is 153 Å². The van der Waals surface area contributed by atoms with E-state index in [-0.39, 0.29) is 5.91 Å². The Kier molecular flexibility index (Phi) is 5.42. The monoisotopic (exact) mass is 349 g/mol. The molecule has 0 aliphatic rings. The van der Waals surface area contributed by atoms with E-state index in [4.69, 9.17) is 9.47 Å². The van der Waals surface area contributed by atoms with Crippen LogP contribution in [0.1, 0.15) is 21.5 Å². The van der Waals surface area contributed by atoms with Crippen molar-refractivity contribution in [3.63, 3.8) is 0 Å². The molecule has 4 heteroatoms. The first-order valence-electron chi connectivity index (χ1n) is 8.61. The molecule has 0 aliphatic carbocycles. The summed E-state index contributed by atoms with van der Waals surface area (Å²) in [6, 6.07) is 17.7. The van der Waals surface area contributed by atoms with Crippen LogP contribution in [0, 0.1) is 6.92 Å². The number of aryl methyl sites for hydroxylation is 1. The number of carbonyl (C=O) groups is 1. The van der Waals surface area contributed by atoms with Crippen molar-refractivity contribution in [2.45, 2.75) is 13.3 Å². The topological polar surface area (TPSA) is 47.6 Å². The van der Waals surface area contributed by atoms with Gasteiger partial charge in [-0.25, -0.2) is 0 Å². The molecule has 0 bridgehead atoms. The summed E-state index contributed by atoms with van der Waals surface area (Å²) in [5.74, 6) is 1.28. The van der Waals surface area contributed by atoms with Crippen LogP contribution < -0.4 is 14.8 Å². The Bertz CT molecular complexity index is 934. The zero-order valence-corrected chi connectivity index (χ0v) is 15.3. The largest absolute Gasteiger partial charge is 0.496 e. The maximum atomic E-state index is 12.7. The lowest BCUT2D eigenvalue weighted by molar-refractivity contribution is 0.0951. The number of rotatable bonds is 6. The summed E-state index contributed by atoms with van der Waals surface area (Å²) in [5.41, 5.74) is 2.80. The van der Waals surface area contributed by atoms with Crippen LogP contribution in [0.5, 0.6) is 11.5 Å². The normalized spacial score (nSPS) is 10.6. The number of carbonyl (C=O) groups excluding carboxylic acids is 1. The Morgan fingerprint density at radius 3 is 2.31 bits per heavy atom. The fraction of sp³-hybridized carbons (Fsp3) is 0.227. The SMILES string of the molecule is COc1ccc(C)cc1CCNC(=O)c1cc2ccccc2cc1OC. The van der Waals surface area contributed by atoms with Crippen molar-refractivity contribution >= 4 is 16.7 Å². The summed E-state index contributed by atoms with van der Waals surface area (Å²) < 4.78 is 10.8. The zero-order valence-electron chi connectivity index (χ0n) is 15.3. The van der Waals surface area contributed by atoms with Crippen molar-refractivity contribution in [1.82, 2.24) is 5.32 Å². The fourth-order valence-electron chi connectivity index (χ4n) is 3.07. The second kappa shape index (κ2) is 7.91. The molecule has 0 atom stereocenters. The molecule has 1 amide bonds. The predicted molar refractivity (Wildman–Crippen MR) is 104 cm³/mol. The third kappa shape index (κ3) is 3.80. The van der Waals surface area contributed by atoms with Gasteiger partial charge in [-0.2, -0.15) is 0 Å².